The van der Waals surface area contributed by atoms with Crippen LogP contribution in [0.5, 0.6) is 0 Å². The molecule has 0 spiro atoms. The van der Waals surface area contributed by atoms with Crippen LogP contribution in [-0.4, -0.2) is 40.5 Å². The predicted octanol–water partition coefficient (Wildman–Crippen LogP) is 4.42. The number of aliphatic hydroxyl groups excluding tert-OH is 1. The van der Waals surface area contributed by atoms with Gasteiger partial charge in [-0.1, -0.05) is 17.7 Å². The van der Waals surface area contributed by atoms with Crippen LogP contribution in [0.3, 0.4) is 0 Å². The highest BCUT2D eigenvalue weighted by atomic mass is 35.5. The second-order valence-corrected chi connectivity index (χ2v) is 7.94. The van der Waals surface area contributed by atoms with Gasteiger partial charge in [0.25, 0.3) is 5.91 Å². The Morgan fingerprint density at radius 2 is 1.86 bits per heavy atom. The van der Waals surface area contributed by atoms with Gasteiger partial charge in [-0.15, -0.1) is 0 Å². The summed E-state index contributed by atoms with van der Waals surface area (Å²) < 4.78 is 44.5. The quantitative estimate of drug-likeness (QED) is 0.360. The van der Waals surface area contributed by atoms with E-state index in [2.05, 4.69) is 25.5 Å². The predicted molar refractivity (Wildman–Crippen MR) is 124 cm³/mol. The molecule has 1 amide bonds. The molecule has 4 heterocycles. The van der Waals surface area contributed by atoms with Gasteiger partial charge in [-0.25, -0.2) is 9.36 Å². The van der Waals surface area contributed by atoms with E-state index in [0.29, 0.717) is 26.8 Å². The SMILES string of the molecule is O=C(Nc1cncc(-n2ncc(CO)c2Cl)c1)c1cnn(-c2cccc3ncccc23)c1C(F)(F)F. The van der Waals surface area contributed by atoms with Crippen LogP contribution >= 0.6 is 11.6 Å². The highest BCUT2D eigenvalue weighted by Crippen LogP contribution is 2.35. The van der Waals surface area contributed by atoms with Crippen molar-refractivity contribution in [2.75, 3.05) is 5.32 Å². The summed E-state index contributed by atoms with van der Waals surface area (Å²) in [5, 5.41) is 20.2. The highest BCUT2D eigenvalue weighted by molar-refractivity contribution is 6.30. The number of aliphatic hydroxyl groups is 1. The molecule has 0 fully saturated rings. The molecule has 13 heteroatoms. The van der Waals surface area contributed by atoms with Crippen LogP contribution in [0.15, 0.2) is 67.4 Å². The van der Waals surface area contributed by atoms with Gasteiger partial charge >= 0.3 is 6.18 Å². The monoisotopic (exact) mass is 513 g/mol. The lowest BCUT2D eigenvalue weighted by Gasteiger charge is -2.14. The number of halogens is 4. The van der Waals surface area contributed by atoms with E-state index in [9.17, 15) is 23.1 Å². The number of hydrogen-bond donors (Lipinski definition) is 2. The second kappa shape index (κ2) is 9.06. The van der Waals surface area contributed by atoms with E-state index in [1.165, 1.54) is 41.6 Å². The number of carbonyl (C=O) groups is 1. The second-order valence-electron chi connectivity index (χ2n) is 7.58. The number of alkyl halides is 3. The largest absolute Gasteiger partial charge is 0.434 e. The maximum absolute atomic E-state index is 14.2. The Kier molecular flexibility index (Phi) is 5.90. The van der Waals surface area contributed by atoms with Gasteiger partial charge in [-0.2, -0.15) is 23.4 Å². The molecule has 4 aromatic heterocycles. The smallest absolute Gasteiger partial charge is 0.392 e. The van der Waals surface area contributed by atoms with Crippen molar-refractivity contribution in [1.82, 2.24) is 29.5 Å². The molecule has 9 nitrogen and oxygen atoms in total. The molecule has 2 N–H and O–H groups in total. The van der Waals surface area contributed by atoms with Crippen LogP contribution in [0.25, 0.3) is 22.3 Å². The van der Waals surface area contributed by atoms with Crippen molar-refractivity contribution in [3.63, 3.8) is 0 Å². The van der Waals surface area contributed by atoms with E-state index in [1.807, 2.05) is 0 Å². The maximum atomic E-state index is 14.2. The number of nitrogens with one attached hydrogen (secondary N) is 1. The third-order valence-electron chi connectivity index (χ3n) is 5.31. The Balaban J connectivity index is 1.52. The number of amides is 1. The van der Waals surface area contributed by atoms with Crippen LogP contribution in [-0.2, 0) is 12.8 Å². The van der Waals surface area contributed by atoms with Crippen LogP contribution in [0, 0.1) is 0 Å². The minimum absolute atomic E-state index is 0.102. The van der Waals surface area contributed by atoms with Gasteiger partial charge in [-0.3, -0.25) is 14.8 Å². The van der Waals surface area contributed by atoms with Crippen molar-refractivity contribution in [1.29, 1.82) is 0 Å². The summed E-state index contributed by atoms with van der Waals surface area (Å²) in [6.07, 6.45) is 1.52. The maximum Gasteiger partial charge on any atom is 0.434 e. The van der Waals surface area contributed by atoms with Crippen molar-refractivity contribution >= 4 is 34.1 Å². The molecule has 182 valence electrons. The van der Waals surface area contributed by atoms with E-state index >= 15 is 0 Å². The van der Waals surface area contributed by atoms with Gasteiger partial charge in [0, 0.05) is 17.1 Å². The van der Waals surface area contributed by atoms with Crippen LogP contribution in [0.1, 0.15) is 21.6 Å². The number of pyridine rings is 2. The Hall–Kier alpha value is -4.29. The number of anilines is 1. The van der Waals surface area contributed by atoms with Crippen LogP contribution in [0.2, 0.25) is 5.15 Å². The molecule has 0 saturated carbocycles. The minimum Gasteiger partial charge on any atom is -0.392 e. The molecule has 0 aliphatic carbocycles. The fraction of sp³-hybridized carbons (Fsp3) is 0.0870. The summed E-state index contributed by atoms with van der Waals surface area (Å²) >= 11 is 6.17. The van der Waals surface area contributed by atoms with Gasteiger partial charge in [0.1, 0.15) is 5.15 Å². The zero-order valence-corrected chi connectivity index (χ0v) is 18.9. The topological polar surface area (TPSA) is 111 Å². The van der Waals surface area contributed by atoms with Crippen molar-refractivity contribution < 1.29 is 23.1 Å². The standard InChI is InChI=1S/C23H15ClF3N7O2/c24-21-13(12-35)8-30-33(21)15-7-14(9-28-10-15)32-22(36)17-11-31-34(20(17)23(25,26)27)19-5-1-4-18-16(19)3-2-6-29-18/h1-11,35H,12H2,(H,32,36). The Morgan fingerprint density at radius 1 is 1.06 bits per heavy atom. The molecule has 0 aliphatic heterocycles. The van der Waals surface area contributed by atoms with E-state index < -0.39 is 23.3 Å². The Bertz CT molecular complexity index is 1590. The molecule has 0 radical (unpaired) electrons. The van der Waals surface area contributed by atoms with Gasteiger partial charge in [0.2, 0.25) is 0 Å². The third kappa shape index (κ3) is 4.16. The average Bonchev–Trinajstić information content (AvgIpc) is 3.48. The molecule has 1 aromatic carbocycles. The fourth-order valence-electron chi connectivity index (χ4n) is 3.71. The first-order chi connectivity index (χ1) is 17.3. The molecule has 0 unspecified atom stereocenters. The van der Waals surface area contributed by atoms with Gasteiger partial charge in [0.05, 0.1) is 59.5 Å². The number of rotatable bonds is 5. The Morgan fingerprint density at radius 3 is 2.61 bits per heavy atom. The van der Waals surface area contributed by atoms with Crippen molar-refractivity contribution in [3.05, 3.63) is 89.4 Å². The van der Waals surface area contributed by atoms with E-state index in [-0.39, 0.29) is 23.1 Å². The minimum atomic E-state index is -4.89. The van der Waals surface area contributed by atoms with Crippen LogP contribution < -0.4 is 5.32 Å². The lowest BCUT2D eigenvalue weighted by atomic mass is 10.1. The molecule has 0 atom stereocenters. The molecule has 5 rings (SSSR count). The third-order valence-corrected chi connectivity index (χ3v) is 5.71. The van der Waals surface area contributed by atoms with Gasteiger partial charge in [0.15, 0.2) is 5.69 Å². The molecule has 36 heavy (non-hydrogen) atoms. The summed E-state index contributed by atoms with van der Waals surface area (Å²) in [5.41, 5.74) is -0.496. The van der Waals surface area contributed by atoms with E-state index in [4.69, 9.17) is 11.6 Å². The number of hydrogen-bond acceptors (Lipinski definition) is 6. The van der Waals surface area contributed by atoms with Crippen molar-refractivity contribution in [3.8, 4) is 11.4 Å². The lowest BCUT2D eigenvalue weighted by molar-refractivity contribution is -0.143. The number of nitrogens with zero attached hydrogens (tertiary/aromatic N) is 6. The Labute approximate surface area is 205 Å². The van der Waals surface area contributed by atoms with Gasteiger partial charge in [-0.05, 0) is 30.3 Å². The summed E-state index contributed by atoms with van der Waals surface area (Å²) in [6, 6.07) is 9.35. The fourth-order valence-corrected chi connectivity index (χ4v) is 3.96. The summed E-state index contributed by atoms with van der Waals surface area (Å²) in [6.45, 7) is -0.334. The zero-order valence-electron chi connectivity index (χ0n) is 18.1. The van der Waals surface area contributed by atoms with E-state index in [0.717, 1.165) is 6.20 Å². The molecular weight excluding hydrogens is 499 g/mol. The summed E-state index contributed by atoms with van der Waals surface area (Å²) in [7, 11) is 0. The zero-order chi connectivity index (χ0) is 25.4. The summed E-state index contributed by atoms with van der Waals surface area (Å²) in [5.74, 6) is -1.03. The number of benzene rings is 1. The molecular formula is C23H15ClF3N7O2. The van der Waals surface area contributed by atoms with Gasteiger partial charge < -0.3 is 10.4 Å². The first kappa shape index (κ1) is 23.5. The van der Waals surface area contributed by atoms with E-state index in [1.54, 1.807) is 24.3 Å². The molecule has 0 aliphatic rings. The van der Waals surface area contributed by atoms with Crippen molar-refractivity contribution in [2.45, 2.75) is 12.8 Å². The molecule has 0 bridgehead atoms. The highest BCUT2D eigenvalue weighted by Gasteiger charge is 2.41. The first-order valence-corrected chi connectivity index (χ1v) is 10.7. The van der Waals surface area contributed by atoms with Crippen molar-refractivity contribution in [2.24, 2.45) is 0 Å². The lowest BCUT2D eigenvalue weighted by Crippen LogP contribution is -2.21. The summed E-state index contributed by atoms with van der Waals surface area (Å²) in [4.78, 5) is 21.1. The molecule has 0 saturated heterocycles. The first-order valence-electron chi connectivity index (χ1n) is 10.4. The molecule has 5 aromatic rings. The van der Waals surface area contributed by atoms with Crippen LogP contribution in [0.4, 0.5) is 18.9 Å². The number of carbonyl (C=O) groups excluding carboxylic acids is 1. The number of fused-ring (bicyclic) bond motifs is 1. The average molecular weight is 514 g/mol. The normalized spacial score (nSPS) is 11.7. The number of aromatic nitrogens is 6.